The minimum absolute atomic E-state index is 0.0655. The number of carbonyl (C=O) groups is 1. The van der Waals surface area contributed by atoms with Crippen LogP contribution < -0.4 is 5.32 Å². The maximum Gasteiger partial charge on any atom is 0.244 e. The van der Waals surface area contributed by atoms with Gasteiger partial charge in [-0.05, 0) is 30.7 Å². The molecule has 0 radical (unpaired) electrons. The van der Waals surface area contributed by atoms with Crippen LogP contribution in [-0.2, 0) is 4.79 Å². The Bertz CT molecular complexity index is 418. The number of aliphatic hydroxyl groups is 1. The summed E-state index contributed by atoms with van der Waals surface area (Å²) in [7, 11) is 0. The van der Waals surface area contributed by atoms with Crippen molar-refractivity contribution in [2.45, 2.75) is 13.3 Å². The maximum absolute atomic E-state index is 11.5. The molecule has 2 N–H and O–H groups in total. The third-order valence-corrected chi connectivity index (χ3v) is 3.53. The SMILES string of the molecule is Cc1cccc(/C=C/C(=O)NCCSCCCO)c1. The molecule has 1 rings (SSSR count). The zero-order valence-electron chi connectivity index (χ0n) is 11.3. The predicted octanol–water partition coefficient (Wildman–Crippen LogP) is 2.24. The molecule has 0 atom stereocenters. The number of carbonyl (C=O) groups excluding carboxylic acids is 1. The van der Waals surface area contributed by atoms with E-state index in [9.17, 15) is 4.79 Å². The Labute approximate surface area is 119 Å². The van der Waals surface area contributed by atoms with Crippen molar-refractivity contribution in [3.8, 4) is 0 Å². The van der Waals surface area contributed by atoms with E-state index in [1.807, 2.05) is 37.3 Å². The van der Waals surface area contributed by atoms with Crippen molar-refractivity contribution >= 4 is 23.7 Å². The average molecular weight is 279 g/mol. The molecule has 0 aliphatic carbocycles. The Balaban J connectivity index is 2.20. The fourth-order valence-corrected chi connectivity index (χ4v) is 2.30. The van der Waals surface area contributed by atoms with Crippen molar-refractivity contribution in [3.05, 3.63) is 41.5 Å². The number of amides is 1. The normalized spacial score (nSPS) is 10.8. The molecule has 104 valence electrons. The molecule has 0 saturated carbocycles. The van der Waals surface area contributed by atoms with Crippen molar-refractivity contribution in [2.24, 2.45) is 0 Å². The number of thioether (sulfide) groups is 1. The van der Waals surface area contributed by atoms with Crippen molar-refractivity contribution in [2.75, 3.05) is 24.7 Å². The van der Waals surface area contributed by atoms with E-state index in [1.165, 1.54) is 5.56 Å². The second-order valence-corrected chi connectivity index (χ2v) is 5.45. The zero-order valence-corrected chi connectivity index (χ0v) is 12.1. The summed E-state index contributed by atoms with van der Waals surface area (Å²) in [5.41, 5.74) is 2.22. The van der Waals surface area contributed by atoms with Crippen molar-refractivity contribution in [1.29, 1.82) is 0 Å². The molecule has 0 aliphatic rings. The van der Waals surface area contributed by atoms with Crippen molar-refractivity contribution < 1.29 is 9.90 Å². The minimum Gasteiger partial charge on any atom is -0.396 e. The van der Waals surface area contributed by atoms with Crippen LogP contribution >= 0.6 is 11.8 Å². The second kappa shape index (κ2) is 9.64. The fraction of sp³-hybridized carbons (Fsp3) is 0.400. The van der Waals surface area contributed by atoms with Crippen LogP contribution in [0.4, 0.5) is 0 Å². The lowest BCUT2D eigenvalue weighted by Crippen LogP contribution is -2.23. The molecule has 3 nitrogen and oxygen atoms in total. The number of hydrogen-bond acceptors (Lipinski definition) is 3. The van der Waals surface area contributed by atoms with Gasteiger partial charge >= 0.3 is 0 Å². The molecular formula is C15H21NO2S. The molecule has 19 heavy (non-hydrogen) atoms. The third kappa shape index (κ3) is 7.70. The highest BCUT2D eigenvalue weighted by atomic mass is 32.2. The molecule has 0 fully saturated rings. The standard InChI is InChI=1S/C15H21NO2S/c1-13-4-2-5-14(12-13)6-7-15(18)16-8-11-19-10-3-9-17/h2,4-7,12,17H,3,8-11H2,1H3,(H,16,18)/b7-6+. The van der Waals surface area contributed by atoms with Crippen LogP contribution in [0.15, 0.2) is 30.3 Å². The van der Waals surface area contributed by atoms with Gasteiger partial charge in [-0.15, -0.1) is 0 Å². The lowest BCUT2D eigenvalue weighted by molar-refractivity contribution is -0.116. The summed E-state index contributed by atoms with van der Waals surface area (Å²) < 4.78 is 0. The van der Waals surface area contributed by atoms with Crippen LogP contribution in [-0.4, -0.2) is 35.7 Å². The first-order valence-electron chi connectivity index (χ1n) is 6.43. The summed E-state index contributed by atoms with van der Waals surface area (Å²) in [6, 6.07) is 8.02. The first-order chi connectivity index (χ1) is 9.22. The number of aliphatic hydroxyl groups excluding tert-OH is 1. The van der Waals surface area contributed by atoms with Crippen LogP contribution in [0.2, 0.25) is 0 Å². The van der Waals surface area contributed by atoms with Gasteiger partial charge in [0.2, 0.25) is 5.91 Å². The van der Waals surface area contributed by atoms with E-state index in [0.29, 0.717) is 6.54 Å². The summed E-state index contributed by atoms with van der Waals surface area (Å²) in [4.78, 5) is 11.5. The van der Waals surface area contributed by atoms with Gasteiger partial charge in [-0.1, -0.05) is 29.8 Å². The van der Waals surface area contributed by atoms with Gasteiger partial charge in [-0.25, -0.2) is 0 Å². The zero-order chi connectivity index (χ0) is 13.9. The largest absolute Gasteiger partial charge is 0.396 e. The summed E-state index contributed by atoms with van der Waals surface area (Å²) in [6.45, 7) is 2.92. The molecule has 0 saturated heterocycles. The smallest absolute Gasteiger partial charge is 0.244 e. The molecule has 0 spiro atoms. The first kappa shape index (κ1) is 15.8. The van der Waals surface area contributed by atoms with E-state index < -0.39 is 0 Å². The van der Waals surface area contributed by atoms with Crippen molar-refractivity contribution in [1.82, 2.24) is 5.32 Å². The van der Waals surface area contributed by atoms with Crippen LogP contribution in [0.1, 0.15) is 17.5 Å². The summed E-state index contributed by atoms with van der Waals surface area (Å²) in [5.74, 6) is 1.75. The number of rotatable bonds is 8. The molecular weight excluding hydrogens is 258 g/mol. The average Bonchev–Trinajstić information content (AvgIpc) is 2.40. The van der Waals surface area contributed by atoms with Crippen LogP contribution in [0, 0.1) is 6.92 Å². The van der Waals surface area contributed by atoms with Gasteiger partial charge in [0.15, 0.2) is 0 Å². The van der Waals surface area contributed by atoms with Gasteiger partial charge in [0.05, 0.1) is 0 Å². The van der Waals surface area contributed by atoms with Gasteiger partial charge in [0.25, 0.3) is 0 Å². The molecule has 0 unspecified atom stereocenters. The van der Waals surface area contributed by atoms with Crippen LogP contribution in [0.5, 0.6) is 0 Å². The van der Waals surface area contributed by atoms with Gasteiger partial charge in [-0.2, -0.15) is 11.8 Å². The number of benzene rings is 1. The molecule has 4 heteroatoms. The lowest BCUT2D eigenvalue weighted by Gasteiger charge is -2.02. The van der Waals surface area contributed by atoms with Gasteiger partial charge in [0.1, 0.15) is 0 Å². The Hall–Kier alpha value is -1.26. The number of nitrogens with one attached hydrogen (secondary N) is 1. The van der Waals surface area contributed by atoms with Crippen molar-refractivity contribution in [3.63, 3.8) is 0 Å². The van der Waals surface area contributed by atoms with Gasteiger partial charge in [0, 0.05) is 25.0 Å². The molecule has 0 heterocycles. The highest BCUT2D eigenvalue weighted by Gasteiger charge is 1.95. The van der Waals surface area contributed by atoms with E-state index in [-0.39, 0.29) is 12.5 Å². The highest BCUT2D eigenvalue weighted by Crippen LogP contribution is 2.05. The Morgan fingerprint density at radius 1 is 1.42 bits per heavy atom. The summed E-state index contributed by atoms with van der Waals surface area (Å²) in [6.07, 6.45) is 4.19. The van der Waals surface area contributed by atoms with Gasteiger partial charge < -0.3 is 10.4 Å². The first-order valence-corrected chi connectivity index (χ1v) is 7.59. The van der Waals surface area contributed by atoms with E-state index in [1.54, 1.807) is 17.8 Å². The lowest BCUT2D eigenvalue weighted by atomic mass is 10.1. The summed E-state index contributed by atoms with van der Waals surface area (Å²) in [5, 5.41) is 11.5. The maximum atomic E-state index is 11.5. The molecule has 0 aliphatic heterocycles. The monoisotopic (exact) mass is 279 g/mol. The minimum atomic E-state index is -0.0655. The molecule has 1 aromatic carbocycles. The topological polar surface area (TPSA) is 49.3 Å². The van der Waals surface area contributed by atoms with E-state index in [0.717, 1.165) is 23.5 Å². The Morgan fingerprint density at radius 2 is 2.26 bits per heavy atom. The molecule has 1 amide bonds. The van der Waals surface area contributed by atoms with Crippen LogP contribution in [0.3, 0.4) is 0 Å². The quantitative estimate of drug-likeness (QED) is 0.567. The fourth-order valence-electron chi connectivity index (χ4n) is 1.52. The van der Waals surface area contributed by atoms with E-state index in [2.05, 4.69) is 5.32 Å². The Kier molecular flexibility index (Phi) is 8.02. The molecule has 1 aromatic rings. The van der Waals surface area contributed by atoms with Crippen LogP contribution in [0.25, 0.3) is 6.08 Å². The second-order valence-electron chi connectivity index (χ2n) is 4.23. The van der Waals surface area contributed by atoms with E-state index in [4.69, 9.17) is 5.11 Å². The van der Waals surface area contributed by atoms with Gasteiger partial charge in [-0.3, -0.25) is 4.79 Å². The molecule has 0 bridgehead atoms. The number of hydrogen-bond donors (Lipinski definition) is 2. The molecule has 0 aromatic heterocycles. The Morgan fingerprint density at radius 3 is 3.00 bits per heavy atom. The van der Waals surface area contributed by atoms with E-state index >= 15 is 0 Å². The third-order valence-electron chi connectivity index (χ3n) is 2.46. The predicted molar refractivity (Wildman–Crippen MR) is 82.3 cm³/mol. The summed E-state index contributed by atoms with van der Waals surface area (Å²) >= 11 is 1.74. The highest BCUT2D eigenvalue weighted by molar-refractivity contribution is 7.99. The number of aryl methyl sites for hydroxylation is 1.